The number of carbonyl (C=O) groups is 1. The van der Waals surface area contributed by atoms with Crippen LogP contribution in [-0.2, 0) is 11.8 Å². The highest BCUT2D eigenvalue weighted by Crippen LogP contribution is 2.29. The van der Waals surface area contributed by atoms with E-state index in [1.54, 1.807) is 0 Å². The summed E-state index contributed by atoms with van der Waals surface area (Å²) in [4.78, 5) is 20.0. The van der Waals surface area contributed by atoms with E-state index in [-0.39, 0.29) is 18.2 Å². The van der Waals surface area contributed by atoms with Crippen molar-refractivity contribution in [1.29, 1.82) is 0 Å². The SMILES string of the molecule is C[C@@H](COC1CCC(Oc2nc3ccc(OC4CC4)nc3n2C)CC1)NC(N)=O. The van der Waals surface area contributed by atoms with Gasteiger partial charge >= 0.3 is 6.03 Å². The van der Waals surface area contributed by atoms with Crippen molar-refractivity contribution in [2.24, 2.45) is 12.8 Å². The van der Waals surface area contributed by atoms with Gasteiger partial charge in [-0.3, -0.25) is 4.57 Å². The number of pyridine rings is 1. The summed E-state index contributed by atoms with van der Waals surface area (Å²) >= 11 is 0. The monoisotopic (exact) mass is 403 g/mol. The molecule has 9 heteroatoms. The Labute approximate surface area is 169 Å². The van der Waals surface area contributed by atoms with Crippen LogP contribution in [0.2, 0.25) is 0 Å². The maximum absolute atomic E-state index is 10.9. The van der Waals surface area contributed by atoms with Crippen molar-refractivity contribution in [3.8, 4) is 11.9 Å². The molecule has 2 aliphatic carbocycles. The van der Waals surface area contributed by atoms with Crippen LogP contribution in [0.3, 0.4) is 0 Å². The number of aromatic nitrogens is 3. The topological polar surface area (TPSA) is 114 Å². The molecule has 0 unspecified atom stereocenters. The fraction of sp³-hybridized carbons (Fsp3) is 0.650. The van der Waals surface area contributed by atoms with Crippen LogP contribution in [-0.4, -0.2) is 51.5 Å². The summed E-state index contributed by atoms with van der Waals surface area (Å²) in [5.41, 5.74) is 6.70. The zero-order valence-corrected chi connectivity index (χ0v) is 17.0. The Hall–Kier alpha value is -2.55. The minimum absolute atomic E-state index is 0.0947. The van der Waals surface area contributed by atoms with Gasteiger partial charge in [-0.15, -0.1) is 0 Å². The summed E-state index contributed by atoms with van der Waals surface area (Å²) in [5, 5.41) is 2.62. The molecule has 2 heterocycles. The first-order valence-electron chi connectivity index (χ1n) is 10.3. The molecule has 2 saturated carbocycles. The number of nitrogens with two attached hydrogens (primary N) is 1. The van der Waals surface area contributed by atoms with Gasteiger partial charge in [0.1, 0.15) is 17.7 Å². The predicted octanol–water partition coefficient (Wildman–Crippen LogP) is 2.27. The molecule has 0 bridgehead atoms. The zero-order valence-electron chi connectivity index (χ0n) is 17.0. The molecular formula is C20H29N5O4. The molecule has 2 amide bonds. The van der Waals surface area contributed by atoms with E-state index in [1.807, 2.05) is 30.7 Å². The minimum Gasteiger partial charge on any atom is -0.474 e. The average Bonchev–Trinajstić information content (AvgIpc) is 3.45. The van der Waals surface area contributed by atoms with Crippen molar-refractivity contribution >= 4 is 17.2 Å². The normalized spacial score (nSPS) is 23.0. The van der Waals surface area contributed by atoms with Crippen molar-refractivity contribution in [3.05, 3.63) is 12.1 Å². The van der Waals surface area contributed by atoms with E-state index in [1.165, 1.54) is 0 Å². The van der Waals surface area contributed by atoms with E-state index < -0.39 is 6.03 Å². The number of carbonyl (C=O) groups excluding carboxylic acids is 1. The first-order chi connectivity index (χ1) is 14.0. The number of primary amides is 1. The summed E-state index contributed by atoms with van der Waals surface area (Å²) in [6, 6.07) is 3.76. The molecule has 29 heavy (non-hydrogen) atoms. The van der Waals surface area contributed by atoms with Gasteiger partial charge < -0.3 is 25.3 Å². The van der Waals surface area contributed by atoms with Gasteiger partial charge in [-0.2, -0.15) is 9.97 Å². The van der Waals surface area contributed by atoms with Gasteiger partial charge in [0.15, 0.2) is 5.65 Å². The first kappa shape index (κ1) is 19.8. The summed E-state index contributed by atoms with van der Waals surface area (Å²) in [7, 11) is 1.92. The van der Waals surface area contributed by atoms with Crippen molar-refractivity contribution in [1.82, 2.24) is 19.9 Å². The summed E-state index contributed by atoms with van der Waals surface area (Å²) < 4.78 is 19.7. The van der Waals surface area contributed by atoms with Crippen molar-refractivity contribution < 1.29 is 19.0 Å². The molecule has 0 radical (unpaired) electrons. The van der Waals surface area contributed by atoms with Crippen LogP contribution in [0.15, 0.2) is 12.1 Å². The highest BCUT2D eigenvalue weighted by molar-refractivity contribution is 5.73. The fourth-order valence-electron chi connectivity index (χ4n) is 3.58. The van der Waals surface area contributed by atoms with Gasteiger partial charge in [0, 0.05) is 13.1 Å². The molecule has 0 aliphatic heterocycles. The quantitative estimate of drug-likeness (QED) is 0.699. The average molecular weight is 403 g/mol. The lowest BCUT2D eigenvalue weighted by Gasteiger charge is -2.29. The van der Waals surface area contributed by atoms with Crippen LogP contribution in [0.1, 0.15) is 45.4 Å². The number of nitrogens with zero attached hydrogens (tertiary/aromatic N) is 3. The number of hydrogen-bond acceptors (Lipinski definition) is 6. The van der Waals surface area contributed by atoms with Crippen molar-refractivity contribution in [3.63, 3.8) is 0 Å². The van der Waals surface area contributed by atoms with Crippen LogP contribution >= 0.6 is 0 Å². The lowest BCUT2D eigenvalue weighted by Crippen LogP contribution is -2.40. The van der Waals surface area contributed by atoms with Crippen LogP contribution in [0.5, 0.6) is 11.9 Å². The van der Waals surface area contributed by atoms with Crippen LogP contribution in [0, 0.1) is 0 Å². The molecule has 9 nitrogen and oxygen atoms in total. The number of nitrogens with one attached hydrogen (secondary N) is 1. The van der Waals surface area contributed by atoms with Gasteiger partial charge in [-0.05, 0) is 51.5 Å². The number of rotatable bonds is 8. The van der Waals surface area contributed by atoms with E-state index in [9.17, 15) is 4.79 Å². The molecule has 158 valence electrons. The first-order valence-corrected chi connectivity index (χ1v) is 10.3. The molecule has 2 aromatic heterocycles. The van der Waals surface area contributed by atoms with Gasteiger partial charge in [0.25, 0.3) is 6.01 Å². The molecule has 4 rings (SSSR count). The number of imidazole rings is 1. The molecular weight excluding hydrogens is 374 g/mol. The highest BCUT2D eigenvalue weighted by Gasteiger charge is 2.26. The lowest BCUT2D eigenvalue weighted by atomic mass is 9.95. The van der Waals surface area contributed by atoms with Crippen LogP contribution in [0.4, 0.5) is 4.79 Å². The predicted molar refractivity (Wildman–Crippen MR) is 107 cm³/mol. The van der Waals surface area contributed by atoms with E-state index in [2.05, 4.69) is 15.3 Å². The summed E-state index contributed by atoms with van der Waals surface area (Å²) in [6.45, 7) is 2.33. The number of urea groups is 1. The molecule has 2 aliphatic rings. The molecule has 1 atom stereocenters. The summed E-state index contributed by atoms with van der Waals surface area (Å²) in [5.74, 6) is 0.646. The van der Waals surface area contributed by atoms with E-state index >= 15 is 0 Å². The zero-order chi connectivity index (χ0) is 20.4. The number of amides is 2. The number of hydrogen-bond donors (Lipinski definition) is 2. The van der Waals surface area contributed by atoms with Crippen LogP contribution < -0.4 is 20.5 Å². The third-order valence-electron chi connectivity index (χ3n) is 5.33. The Morgan fingerprint density at radius 2 is 1.79 bits per heavy atom. The Balaban J connectivity index is 1.29. The highest BCUT2D eigenvalue weighted by atomic mass is 16.5. The number of fused-ring (bicyclic) bond motifs is 1. The maximum atomic E-state index is 10.9. The van der Waals surface area contributed by atoms with Crippen molar-refractivity contribution in [2.75, 3.05) is 6.61 Å². The van der Waals surface area contributed by atoms with Crippen LogP contribution in [0.25, 0.3) is 11.2 Å². The largest absolute Gasteiger partial charge is 0.474 e. The Bertz CT molecular complexity index is 858. The molecule has 0 aromatic carbocycles. The molecule has 2 aromatic rings. The minimum atomic E-state index is -0.527. The van der Waals surface area contributed by atoms with Gasteiger partial charge in [-0.1, -0.05) is 0 Å². The third kappa shape index (κ3) is 5.09. The van der Waals surface area contributed by atoms with E-state index in [4.69, 9.17) is 19.9 Å². The second-order valence-electron chi connectivity index (χ2n) is 8.02. The Morgan fingerprint density at radius 3 is 2.48 bits per heavy atom. The molecule has 2 fully saturated rings. The van der Waals surface area contributed by atoms with E-state index in [0.29, 0.717) is 24.6 Å². The van der Waals surface area contributed by atoms with Gasteiger partial charge in [0.05, 0.1) is 18.8 Å². The lowest BCUT2D eigenvalue weighted by molar-refractivity contribution is -0.00550. The summed E-state index contributed by atoms with van der Waals surface area (Å²) in [6.07, 6.45) is 6.43. The second-order valence-corrected chi connectivity index (χ2v) is 8.02. The standard InChI is InChI=1S/C20H29N5O4/c1-12(22-19(21)26)11-27-13-3-5-15(6-4-13)29-20-23-16-9-10-17(28-14-7-8-14)24-18(16)25(20)2/h9-10,12-15H,3-8,11H2,1-2H3,(H3,21,22,26)/t12-,13?,15?/m0/s1. The molecule has 3 N–H and O–H groups in total. The number of aryl methyl sites for hydroxylation is 1. The van der Waals surface area contributed by atoms with Gasteiger partial charge in [-0.25, -0.2) is 4.79 Å². The Morgan fingerprint density at radius 1 is 1.14 bits per heavy atom. The van der Waals surface area contributed by atoms with E-state index in [0.717, 1.165) is 49.7 Å². The molecule has 0 saturated heterocycles. The number of ether oxygens (including phenoxy) is 3. The maximum Gasteiger partial charge on any atom is 0.312 e. The third-order valence-corrected chi connectivity index (χ3v) is 5.33. The van der Waals surface area contributed by atoms with Gasteiger partial charge in [0.2, 0.25) is 5.88 Å². The second kappa shape index (κ2) is 8.44. The Kier molecular flexibility index (Phi) is 5.75. The molecule has 0 spiro atoms. The smallest absolute Gasteiger partial charge is 0.312 e. The fourth-order valence-corrected chi connectivity index (χ4v) is 3.58. The van der Waals surface area contributed by atoms with Crippen molar-refractivity contribution in [2.45, 2.75) is 69.8 Å².